The van der Waals surface area contributed by atoms with E-state index in [1.165, 1.54) is 31.2 Å². The molecule has 29 heavy (non-hydrogen) atoms. The van der Waals surface area contributed by atoms with E-state index in [2.05, 4.69) is 60.8 Å². The molecule has 0 spiro atoms. The van der Waals surface area contributed by atoms with Gasteiger partial charge in [0.05, 0.1) is 15.7 Å². The molecule has 0 amide bonds. The summed E-state index contributed by atoms with van der Waals surface area (Å²) in [5.41, 5.74) is 11.3. The predicted octanol–water partition coefficient (Wildman–Crippen LogP) is 6.52. The van der Waals surface area contributed by atoms with Gasteiger partial charge in [-0.1, -0.05) is 63.6 Å². The molecule has 0 fully saturated rings. The van der Waals surface area contributed by atoms with Crippen LogP contribution in [0.3, 0.4) is 0 Å². The average Bonchev–Trinajstić information content (AvgIpc) is 3.21. The van der Waals surface area contributed by atoms with Crippen molar-refractivity contribution in [1.82, 2.24) is 4.72 Å². The molecule has 0 aromatic heterocycles. The van der Waals surface area contributed by atoms with E-state index < -0.39 is 11.0 Å². The first-order valence-corrected chi connectivity index (χ1v) is 12.4. The molecule has 3 atom stereocenters. The minimum absolute atomic E-state index is 0. The number of nitrogens with one attached hydrogen (secondary N) is 1. The molecule has 0 heterocycles. The number of fused-ring (bicyclic) bond motifs is 2. The standard InChI is InChI=1S/C13H18BrNOS.C9H10BrN.CH4/c1-13(2,3)17(16)15-12-8-7-9-10(12)5-4-6-11(9)14;10-8-3-1-2-7-6(8)4-5-9(7)11;/h4-6,12,15H,7-8H2,1-3H3;1-3,9H,4-5,11H2;1H4/t12-,17-;9-;/m00./s1. The van der Waals surface area contributed by atoms with Crippen LogP contribution in [0, 0.1) is 0 Å². The Morgan fingerprint density at radius 3 is 2.03 bits per heavy atom. The smallest absolute Gasteiger partial charge is 0.0975 e. The third-order valence-corrected chi connectivity index (χ3v) is 8.38. The highest BCUT2D eigenvalue weighted by Crippen LogP contribution is 2.36. The molecule has 2 aromatic carbocycles. The van der Waals surface area contributed by atoms with Gasteiger partial charge in [-0.15, -0.1) is 0 Å². The van der Waals surface area contributed by atoms with E-state index in [0.29, 0.717) is 0 Å². The topological polar surface area (TPSA) is 55.1 Å². The zero-order valence-electron chi connectivity index (χ0n) is 16.6. The molecule has 0 radical (unpaired) electrons. The summed E-state index contributed by atoms with van der Waals surface area (Å²) in [4.78, 5) is 0. The van der Waals surface area contributed by atoms with Gasteiger partial charge >= 0.3 is 0 Å². The van der Waals surface area contributed by atoms with Crippen molar-refractivity contribution in [2.45, 2.75) is 70.7 Å². The van der Waals surface area contributed by atoms with E-state index in [-0.39, 0.29) is 24.3 Å². The molecule has 0 saturated heterocycles. The Hall–Kier alpha value is -0.530. The Morgan fingerprint density at radius 2 is 1.48 bits per heavy atom. The monoisotopic (exact) mass is 542 g/mol. The Labute approximate surface area is 195 Å². The highest BCUT2D eigenvalue weighted by molar-refractivity contribution is 9.10. The average molecular weight is 544 g/mol. The zero-order valence-corrected chi connectivity index (χ0v) is 20.6. The van der Waals surface area contributed by atoms with Crippen molar-refractivity contribution in [2.75, 3.05) is 0 Å². The molecule has 0 bridgehead atoms. The summed E-state index contributed by atoms with van der Waals surface area (Å²) in [6.45, 7) is 5.98. The fourth-order valence-electron chi connectivity index (χ4n) is 3.68. The van der Waals surface area contributed by atoms with Gasteiger partial charge in [-0.25, -0.2) is 8.93 Å². The van der Waals surface area contributed by atoms with Crippen molar-refractivity contribution in [3.8, 4) is 0 Å². The lowest BCUT2D eigenvalue weighted by molar-refractivity contribution is 0.596. The Kier molecular flexibility index (Phi) is 8.69. The van der Waals surface area contributed by atoms with Gasteiger partial charge in [0, 0.05) is 21.0 Å². The molecular weight excluding hydrogens is 512 g/mol. The van der Waals surface area contributed by atoms with Crippen LogP contribution in [0.5, 0.6) is 0 Å². The minimum atomic E-state index is -1.01. The van der Waals surface area contributed by atoms with Crippen molar-refractivity contribution in [3.63, 3.8) is 0 Å². The van der Waals surface area contributed by atoms with E-state index in [1.54, 1.807) is 0 Å². The summed E-state index contributed by atoms with van der Waals surface area (Å²) >= 11 is 7.10. The van der Waals surface area contributed by atoms with E-state index >= 15 is 0 Å². The van der Waals surface area contributed by atoms with E-state index in [9.17, 15) is 4.21 Å². The Morgan fingerprint density at radius 1 is 0.966 bits per heavy atom. The number of halogens is 2. The summed E-state index contributed by atoms with van der Waals surface area (Å²) in [5.74, 6) is 0. The maximum atomic E-state index is 12.1. The Bertz CT molecular complexity index is 880. The normalized spacial score (nSPS) is 20.8. The lowest BCUT2D eigenvalue weighted by Gasteiger charge is -2.22. The maximum Gasteiger partial charge on any atom is 0.0975 e. The predicted molar refractivity (Wildman–Crippen MR) is 132 cm³/mol. The van der Waals surface area contributed by atoms with Gasteiger partial charge in [-0.05, 0) is 80.8 Å². The number of hydrogen-bond donors (Lipinski definition) is 2. The second-order valence-corrected chi connectivity index (χ2v) is 12.1. The second kappa shape index (κ2) is 10.2. The third-order valence-electron chi connectivity index (χ3n) is 5.28. The molecule has 0 aliphatic heterocycles. The highest BCUT2D eigenvalue weighted by Gasteiger charge is 2.28. The molecule has 3 nitrogen and oxygen atoms in total. The SMILES string of the molecule is C.CC(C)(C)[S@](=O)N[C@H]1CCc2c(Br)cccc21.N[C@H]1CCc2c(Br)cccc21. The van der Waals surface area contributed by atoms with Crippen molar-refractivity contribution >= 4 is 42.8 Å². The first-order valence-electron chi connectivity index (χ1n) is 9.66. The van der Waals surface area contributed by atoms with Gasteiger partial charge < -0.3 is 5.73 Å². The van der Waals surface area contributed by atoms with Crippen LogP contribution >= 0.6 is 31.9 Å². The molecule has 2 aromatic rings. The van der Waals surface area contributed by atoms with Crippen LogP contribution in [0.2, 0.25) is 0 Å². The minimum Gasteiger partial charge on any atom is -0.324 e. The molecule has 0 saturated carbocycles. The third kappa shape index (κ3) is 5.79. The molecule has 2 aliphatic rings. The van der Waals surface area contributed by atoms with Crippen molar-refractivity contribution < 1.29 is 4.21 Å². The van der Waals surface area contributed by atoms with Crippen LogP contribution < -0.4 is 10.5 Å². The quantitative estimate of drug-likeness (QED) is 0.453. The molecule has 4 rings (SSSR count). The van der Waals surface area contributed by atoms with Gasteiger partial charge in [0.2, 0.25) is 0 Å². The molecule has 0 unspecified atom stereocenters. The van der Waals surface area contributed by atoms with Crippen LogP contribution in [0.1, 0.15) is 75.4 Å². The van der Waals surface area contributed by atoms with E-state index in [1.807, 2.05) is 32.9 Å². The summed E-state index contributed by atoms with van der Waals surface area (Å²) in [5, 5.41) is 0. The molecule has 3 N–H and O–H groups in total. The zero-order chi connectivity index (χ0) is 20.5. The lowest BCUT2D eigenvalue weighted by Crippen LogP contribution is -2.35. The largest absolute Gasteiger partial charge is 0.324 e. The summed E-state index contributed by atoms with van der Waals surface area (Å²) < 4.78 is 17.5. The van der Waals surface area contributed by atoms with Gasteiger partial charge in [0.15, 0.2) is 0 Å². The molecule has 2 aliphatic carbocycles. The Balaban J connectivity index is 0.000000217. The fraction of sp³-hybridized carbons (Fsp3) is 0.478. The summed E-state index contributed by atoms with van der Waals surface area (Å²) in [6, 6.07) is 13.0. The highest BCUT2D eigenvalue weighted by atomic mass is 79.9. The van der Waals surface area contributed by atoms with Gasteiger partial charge in [0.1, 0.15) is 0 Å². The second-order valence-electron chi connectivity index (χ2n) is 8.35. The number of hydrogen-bond acceptors (Lipinski definition) is 2. The van der Waals surface area contributed by atoms with Gasteiger partial charge in [-0.2, -0.15) is 0 Å². The molecular formula is C23H32Br2N2OS. The number of nitrogens with two attached hydrogens (primary N) is 1. The fourth-order valence-corrected chi connectivity index (χ4v) is 5.70. The first-order chi connectivity index (χ1) is 13.2. The number of benzene rings is 2. The van der Waals surface area contributed by atoms with Crippen LogP contribution in [-0.2, 0) is 23.8 Å². The van der Waals surface area contributed by atoms with E-state index in [0.717, 1.165) is 25.7 Å². The van der Waals surface area contributed by atoms with Crippen molar-refractivity contribution in [3.05, 3.63) is 67.6 Å². The lowest BCUT2D eigenvalue weighted by atomic mass is 10.1. The molecule has 160 valence electrons. The first kappa shape index (κ1) is 24.7. The summed E-state index contributed by atoms with van der Waals surface area (Å²) in [7, 11) is -1.01. The van der Waals surface area contributed by atoms with Gasteiger partial charge in [-0.3, -0.25) is 0 Å². The van der Waals surface area contributed by atoms with E-state index in [4.69, 9.17) is 5.73 Å². The van der Waals surface area contributed by atoms with Crippen LogP contribution in [0.15, 0.2) is 45.3 Å². The van der Waals surface area contributed by atoms with Crippen LogP contribution in [0.4, 0.5) is 0 Å². The van der Waals surface area contributed by atoms with Crippen LogP contribution in [0.25, 0.3) is 0 Å². The van der Waals surface area contributed by atoms with Crippen molar-refractivity contribution in [2.24, 2.45) is 5.73 Å². The molecule has 6 heteroatoms. The number of rotatable bonds is 2. The summed E-state index contributed by atoms with van der Waals surface area (Å²) in [6.07, 6.45) is 4.30. The van der Waals surface area contributed by atoms with Gasteiger partial charge in [0.25, 0.3) is 0 Å². The van der Waals surface area contributed by atoms with Crippen LogP contribution in [-0.4, -0.2) is 8.96 Å². The van der Waals surface area contributed by atoms with Crippen molar-refractivity contribution in [1.29, 1.82) is 0 Å². The maximum absolute atomic E-state index is 12.1.